The third-order valence-corrected chi connectivity index (χ3v) is 6.53. The summed E-state index contributed by atoms with van der Waals surface area (Å²) in [6, 6.07) is 12.7. The van der Waals surface area contributed by atoms with Crippen LogP contribution in [0.3, 0.4) is 0 Å². The molecule has 0 aliphatic carbocycles. The Labute approximate surface area is 184 Å². The summed E-state index contributed by atoms with van der Waals surface area (Å²) in [5.41, 5.74) is 2.40. The van der Waals surface area contributed by atoms with Crippen molar-refractivity contribution in [3.8, 4) is 0 Å². The van der Waals surface area contributed by atoms with Crippen LogP contribution in [-0.4, -0.2) is 58.3 Å². The summed E-state index contributed by atoms with van der Waals surface area (Å²) in [7, 11) is 0. The largest absolute Gasteiger partial charge is 0.326 e. The monoisotopic (exact) mass is 439 g/mol. The van der Waals surface area contributed by atoms with Gasteiger partial charge in [-0.3, -0.25) is 19.8 Å². The third-order valence-electron chi connectivity index (χ3n) is 5.51. The number of thiazole rings is 1. The van der Waals surface area contributed by atoms with Crippen molar-refractivity contribution in [2.75, 3.05) is 38.0 Å². The highest BCUT2D eigenvalue weighted by Gasteiger charge is 2.19. The van der Waals surface area contributed by atoms with Crippen LogP contribution in [0.2, 0.25) is 0 Å². The molecule has 3 aromatic rings. The molecule has 9 heteroatoms. The SMILES string of the molecule is Cc1cc([N+](=O)[O-])ccc1NC(=O)CCN1CCN(Cc2nc3ccccc3s2)CC1. The molecule has 1 amide bonds. The molecule has 1 aliphatic rings. The number of aryl methyl sites for hydroxylation is 1. The first-order chi connectivity index (χ1) is 15.0. The molecular formula is C22H25N5O3S. The summed E-state index contributed by atoms with van der Waals surface area (Å²) in [4.78, 5) is 32.2. The van der Waals surface area contributed by atoms with Crippen LogP contribution in [0.25, 0.3) is 10.2 Å². The van der Waals surface area contributed by atoms with Crippen LogP contribution in [0.4, 0.5) is 11.4 Å². The fourth-order valence-corrected chi connectivity index (χ4v) is 4.73. The average molecular weight is 440 g/mol. The molecule has 0 bridgehead atoms. The number of hydrogen-bond acceptors (Lipinski definition) is 7. The summed E-state index contributed by atoms with van der Waals surface area (Å²) < 4.78 is 1.23. The minimum Gasteiger partial charge on any atom is -0.326 e. The van der Waals surface area contributed by atoms with E-state index in [1.54, 1.807) is 24.3 Å². The van der Waals surface area contributed by atoms with Crippen molar-refractivity contribution in [2.45, 2.75) is 19.9 Å². The zero-order valence-corrected chi connectivity index (χ0v) is 18.2. The highest BCUT2D eigenvalue weighted by Crippen LogP contribution is 2.23. The summed E-state index contributed by atoms with van der Waals surface area (Å²) in [5.74, 6) is -0.0751. The summed E-state index contributed by atoms with van der Waals surface area (Å²) in [5, 5.41) is 14.8. The predicted molar refractivity (Wildman–Crippen MR) is 122 cm³/mol. The topological polar surface area (TPSA) is 91.6 Å². The van der Waals surface area contributed by atoms with Crippen molar-refractivity contribution in [1.82, 2.24) is 14.8 Å². The van der Waals surface area contributed by atoms with Crippen LogP contribution >= 0.6 is 11.3 Å². The highest BCUT2D eigenvalue weighted by molar-refractivity contribution is 7.18. The number of carbonyl (C=O) groups excluding carboxylic acids is 1. The molecule has 0 radical (unpaired) electrons. The Kier molecular flexibility index (Phi) is 6.55. The van der Waals surface area contributed by atoms with Crippen molar-refractivity contribution in [2.24, 2.45) is 0 Å². The van der Waals surface area contributed by atoms with Crippen molar-refractivity contribution in [1.29, 1.82) is 0 Å². The van der Waals surface area contributed by atoms with Gasteiger partial charge in [-0.15, -0.1) is 11.3 Å². The van der Waals surface area contributed by atoms with E-state index < -0.39 is 4.92 Å². The first kappa shape index (κ1) is 21.4. The molecule has 1 N–H and O–H groups in total. The summed E-state index contributed by atoms with van der Waals surface area (Å²) >= 11 is 1.75. The molecule has 0 saturated carbocycles. The van der Waals surface area contributed by atoms with Crippen molar-refractivity contribution in [3.05, 3.63) is 63.1 Å². The maximum absolute atomic E-state index is 12.3. The smallest absolute Gasteiger partial charge is 0.269 e. The Balaban J connectivity index is 1.21. The van der Waals surface area contributed by atoms with Crippen LogP contribution in [0.5, 0.6) is 0 Å². The second-order valence-corrected chi connectivity index (χ2v) is 8.86. The lowest BCUT2D eigenvalue weighted by atomic mass is 10.1. The van der Waals surface area contributed by atoms with E-state index in [-0.39, 0.29) is 11.6 Å². The number of nitro groups is 1. The number of anilines is 1. The van der Waals surface area contributed by atoms with Gasteiger partial charge in [-0.2, -0.15) is 0 Å². The molecular weight excluding hydrogens is 414 g/mol. The van der Waals surface area contributed by atoms with Gasteiger partial charge in [0.2, 0.25) is 5.91 Å². The number of carbonyl (C=O) groups is 1. The first-order valence-electron chi connectivity index (χ1n) is 10.3. The van der Waals surface area contributed by atoms with E-state index >= 15 is 0 Å². The fourth-order valence-electron chi connectivity index (χ4n) is 3.72. The van der Waals surface area contributed by atoms with Gasteiger partial charge in [0.05, 0.1) is 21.7 Å². The van der Waals surface area contributed by atoms with Gasteiger partial charge < -0.3 is 10.2 Å². The lowest BCUT2D eigenvalue weighted by Crippen LogP contribution is -2.46. The standard InChI is InChI=1S/C22H25N5O3S/c1-16-14-17(27(29)30)6-7-18(16)23-21(28)8-9-25-10-12-26(13-11-25)15-22-24-19-4-2-3-5-20(19)31-22/h2-7,14H,8-13,15H2,1H3,(H,23,28). The number of rotatable bonds is 7. The Morgan fingerprint density at radius 2 is 1.90 bits per heavy atom. The van der Waals surface area contributed by atoms with Gasteiger partial charge in [0.1, 0.15) is 5.01 Å². The van der Waals surface area contributed by atoms with E-state index in [9.17, 15) is 14.9 Å². The highest BCUT2D eigenvalue weighted by atomic mass is 32.1. The molecule has 1 aliphatic heterocycles. The number of non-ortho nitro benzene ring substituents is 1. The number of nitrogens with zero attached hydrogens (tertiary/aromatic N) is 4. The maximum Gasteiger partial charge on any atom is 0.269 e. The number of amides is 1. The molecule has 8 nitrogen and oxygen atoms in total. The van der Waals surface area contributed by atoms with Gasteiger partial charge >= 0.3 is 0 Å². The molecule has 1 saturated heterocycles. The van der Waals surface area contributed by atoms with E-state index in [1.165, 1.54) is 16.8 Å². The molecule has 4 rings (SSSR count). The lowest BCUT2D eigenvalue weighted by molar-refractivity contribution is -0.384. The van der Waals surface area contributed by atoms with E-state index in [1.807, 2.05) is 12.1 Å². The molecule has 2 aromatic carbocycles. The zero-order chi connectivity index (χ0) is 21.8. The van der Waals surface area contributed by atoms with Gasteiger partial charge in [-0.25, -0.2) is 4.98 Å². The molecule has 1 aromatic heterocycles. The number of benzene rings is 2. The molecule has 31 heavy (non-hydrogen) atoms. The fraction of sp³-hybridized carbons (Fsp3) is 0.364. The van der Waals surface area contributed by atoms with Crippen molar-refractivity contribution < 1.29 is 9.72 Å². The minimum atomic E-state index is -0.435. The van der Waals surface area contributed by atoms with Crippen LogP contribution < -0.4 is 5.32 Å². The molecule has 0 unspecified atom stereocenters. The van der Waals surface area contributed by atoms with Gasteiger partial charge in [-0.1, -0.05) is 12.1 Å². The Bertz CT molecular complexity index is 1060. The zero-order valence-electron chi connectivity index (χ0n) is 17.4. The molecule has 162 valence electrons. The first-order valence-corrected chi connectivity index (χ1v) is 11.1. The Hall–Kier alpha value is -2.88. The van der Waals surface area contributed by atoms with E-state index in [2.05, 4.69) is 27.2 Å². The molecule has 0 spiro atoms. The maximum atomic E-state index is 12.3. The van der Waals surface area contributed by atoms with Gasteiger partial charge in [-0.05, 0) is 30.7 Å². The summed E-state index contributed by atoms with van der Waals surface area (Å²) in [6.07, 6.45) is 0.397. The van der Waals surface area contributed by atoms with Crippen LogP contribution in [0.1, 0.15) is 17.0 Å². The van der Waals surface area contributed by atoms with Crippen LogP contribution in [-0.2, 0) is 11.3 Å². The Morgan fingerprint density at radius 1 is 1.16 bits per heavy atom. The quantitative estimate of drug-likeness (QED) is 0.446. The number of nitrogens with one attached hydrogen (secondary N) is 1. The van der Waals surface area contributed by atoms with E-state index in [0.29, 0.717) is 24.2 Å². The second kappa shape index (κ2) is 9.51. The molecule has 0 atom stereocenters. The molecule has 2 heterocycles. The number of fused-ring (bicyclic) bond motifs is 1. The van der Waals surface area contributed by atoms with Crippen molar-refractivity contribution >= 4 is 38.8 Å². The van der Waals surface area contributed by atoms with E-state index in [4.69, 9.17) is 4.98 Å². The third kappa shape index (κ3) is 5.43. The molecule has 1 fully saturated rings. The van der Waals surface area contributed by atoms with Crippen LogP contribution in [0, 0.1) is 17.0 Å². The average Bonchev–Trinajstić information content (AvgIpc) is 3.17. The van der Waals surface area contributed by atoms with E-state index in [0.717, 1.165) is 43.2 Å². The number of piperazine rings is 1. The van der Waals surface area contributed by atoms with Crippen molar-refractivity contribution in [3.63, 3.8) is 0 Å². The minimum absolute atomic E-state index is 0.0271. The van der Waals surface area contributed by atoms with Gasteiger partial charge in [0, 0.05) is 57.0 Å². The number of para-hydroxylation sites is 1. The second-order valence-electron chi connectivity index (χ2n) is 7.75. The predicted octanol–water partition coefficient (Wildman–Crippen LogP) is 3.66. The Morgan fingerprint density at radius 3 is 2.61 bits per heavy atom. The van der Waals surface area contributed by atoms with Gasteiger partial charge in [0.25, 0.3) is 5.69 Å². The number of hydrogen-bond donors (Lipinski definition) is 1. The number of aromatic nitrogens is 1. The normalized spacial score (nSPS) is 15.3. The van der Waals surface area contributed by atoms with Crippen LogP contribution in [0.15, 0.2) is 42.5 Å². The number of nitro benzene ring substituents is 1. The lowest BCUT2D eigenvalue weighted by Gasteiger charge is -2.34. The summed E-state index contributed by atoms with van der Waals surface area (Å²) in [6.45, 7) is 7.09. The van der Waals surface area contributed by atoms with Gasteiger partial charge in [0.15, 0.2) is 0 Å².